The number of phenols is 1. The number of halogens is 1. The number of carbonyl (C=O) groups is 1. The predicted octanol–water partition coefficient (Wildman–Crippen LogP) is 3.30. The van der Waals surface area contributed by atoms with Crippen LogP contribution in [0, 0.1) is 6.92 Å². The molecule has 0 saturated heterocycles. The third kappa shape index (κ3) is 3.14. The van der Waals surface area contributed by atoms with Crippen LogP contribution >= 0.6 is 11.6 Å². The van der Waals surface area contributed by atoms with E-state index in [1.54, 1.807) is 49.2 Å². The summed E-state index contributed by atoms with van der Waals surface area (Å²) in [6, 6.07) is 8.41. The smallest absolute Gasteiger partial charge is 0.289 e. The van der Waals surface area contributed by atoms with E-state index in [0.717, 1.165) is 11.1 Å². The van der Waals surface area contributed by atoms with Gasteiger partial charge in [0, 0.05) is 19.2 Å². The van der Waals surface area contributed by atoms with E-state index in [-0.39, 0.29) is 11.7 Å². The van der Waals surface area contributed by atoms with Gasteiger partial charge in [0.15, 0.2) is 5.76 Å². The molecule has 0 aliphatic rings. The van der Waals surface area contributed by atoms with Crippen molar-refractivity contribution in [3.05, 3.63) is 53.0 Å². The van der Waals surface area contributed by atoms with E-state index < -0.39 is 0 Å². The summed E-state index contributed by atoms with van der Waals surface area (Å²) in [6.45, 7) is 2.23. The van der Waals surface area contributed by atoms with Crippen molar-refractivity contribution < 1.29 is 14.3 Å². The SMILES string of the molecule is Cc1oc(C(=O)N(C)Cc2ccc(O)cc2)cc1CCl. The molecule has 1 amide bonds. The minimum absolute atomic E-state index is 0.197. The Morgan fingerprint density at radius 2 is 2.00 bits per heavy atom. The van der Waals surface area contributed by atoms with E-state index in [0.29, 0.717) is 23.9 Å². The molecule has 2 aromatic rings. The number of nitrogens with zero attached hydrogens (tertiary/aromatic N) is 1. The van der Waals surface area contributed by atoms with Gasteiger partial charge in [-0.15, -0.1) is 11.6 Å². The number of benzene rings is 1. The fourth-order valence-corrected chi connectivity index (χ4v) is 2.16. The van der Waals surface area contributed by atoms with E-state index in [1.165, 1.54) is 0 Å². The zero-order valence-electron chi connectivity index (χ0n) is 11.4. The zero-order valence-corrected chi connectivity index (χ0v) is 12.1. The summed E-state index contributed by atoms with van der Waals surface area (Å²) < 4.78 is 5.43. The lowest BCUT2D eigenvalue weighted by atomic mass is 10.2. The normalized spacial score (nSPS) is 10.6. The quantitative estimate of drug-likeness (QED) is 0.880. The number of phenolic OH excluding ortho intramolecular Hbond substituents is 1. The molecule has 0 saturated carbocycles. The van der Waals surface area contributed by atoms with E-state index in [4.69, 9.17) is 16.0 Å². The summed E-state index contributed by atoms with van der Waals surface area (Å²) in [6.07, 6.45) is 0. The highest BCUT2D eigenvalue weighted by atomic mass is 35.5. The second-order valence-electron chi connectivity index (χ2n) is 4.65. The first kappa shape index (κ1) is 14.5. The largest absolute Gasteiger partial charge is 0.508 e. The summed E-state index contributed by atoms with van der Waals surface area (Å²) in [4.78, 5) is 13.8. The highest BCUT2D eigenvalue weighted by Gasteiger charge is 2.18. The average molecular weight is 294 g/mol. The molecule has 0 atom stereocenters. The maximum atomic E-state index is 12.2. The number of hydrogen-bond donors (Lipinski definition) is 1. The van der Waals surface area contributed by atoms with Gasteiger partial charge in [0.1, 0.15) is 11.5 Å². The van der Waals surface area contributed by atoms with Crippen LogP contribution in [0.2, 0.25) is 0 Å². The van der Waals surface area contributed by atoms with Gasteiger partial charge < -0.3 is 14.4 Å². The topological polar surface area (TPSA) is 53.7 Å². The Morgan fingerprint density at radius 1 is 1.35 bits per heavy atom. The Labute approximate surface area is 122 Å². The van der Waals surface area contributed by atoms with E-state index in [9.17, 15) is 9.90 Å². The number of furan rings is 1. The third-order valence-electron chi connectivity index (χ3n) is 3.08. The molecule has 0 spiro atoms. The van der Waals surface area contributed by atoms with Gasteiger partial charge in [0.05, 0.1) is 5.88 Å². The van der Waals surface area contributed by atoms with Crippen LogP contribution in [0.1, 0.15) is 27.4 Å². The van der Waals surface area contributed by atoms with Gasteiger partial charge in [-0.1, -0.05) is 12.1 Å². The van der Waals surface area contributed by atoms with Crippen LogP contribution in [0.4, 0.5) is 0 Å². The summed E-state index contributed by atoms with van der Waals surface area (Å²) in [7, 11) is 1.70. The molecular weight excluding hydrogens is 278 g/mol. The van der Waals surface area contributed by atoms with E-state index in [2.05, 4.69) is 0 Å². The lowest BCUT2D eigenvalue weighted by molar-refractivity contribution is 0.0752. The Morgan fingerprint density at radius 3 is 2.55 bits per heavy atom. The summed E-state index contributed by atoms with van der Waals surface area (Å²) in [5.41, 5.74) is 1.76. The average Bonchev–Trinajstić information content (AvgIpc) is 2.81. The van der Waals surface area contributed by atoms with Crippen LogP contribution in [-0.2, 0) is 12.4 Å². The van der Waals surface area contributed by atoms with E-state index in [1.807, 2.05) is 0 Å². The molecule has 0 bridgehead atoms. The molecule has 0 aliphatic heterocycles. The molecule has 0 fully saturated rings. The molecule has 0 unspecified atom stereocenters. The Kier molecular flexibility index (Phi) is 4.35. The van der Waals surface area contributed by atoms with Crippen molar-refractivity contribution in [3.63, 3.8) is 0 Å². The second-order valence-corrected chi connectivity index (χ2v) is 4.92. The molecule has 1 heterocycles. The molecule has 4 nitrogen and oxygen atoms in total. The van der Waals surface area contributed by atoms with Crippen molar-refractivity contribution >= 4 is 17.5 Å². The van der Waals surface area contributed by atoms with Crippen LogP contribution in [0.25, 0.3) is 0 Å². The van der Waals surface area contributed by atoms with Crippen LogP contribution in [-0.4, -0.2) is 23.0 Å². The maximum Gasteiger partial charge on any atom is 0.289 e. The Balaban J connectivity index is 2.09. The molecule has 5 heteroatoms. The summed E-state index contributed by atoms with van der Waals surface area (Å²) in [5, 5.41) is 9.23. The van der Waals surface area contributed by atoms with Crippen molar-refractivity contribution in [2.75, 3.05) is 7.05 Å². The lowest BCUT2D eigenvalue weighted by Crippen LogP contribution is -2.25. The third-order valence-corrected chi connectivity index (χ3v) is 3.37. The van der Waals surface area contributed by atoms with Crippen LogP contribution in [0.15, 0.2) is 34.7 Å². The maximum absolute atomic E-state index is 12.2. The standard InChI is InChI=1S/C15H16ClNO3/c1-10-12(8-16)7-14(20-10)15(19)17(2)9-11-3-5-13(18)6-4-11/h3-7,18H,8-9H2,1-2H3. The van der Waals surface area contributed by atoms with Gasteiger partial charge >= 0.3 is 0 Å². The molecule has 20 heavy (non-hydrogen) atoms. The zero-order chi connectivity index (χ0) is 14.7. The van der Waals surface area contributed by atoms with Crippen molar-refractivity contribution in [1.29, 1.82) is 0 Å². The molecule has 1 aromatic carbocycles. The Bertz CT molecular complexity index is 604. The molecule has 0 radical (unpaired) electrons. The first-order chi connectivity index (χ1) is 9.51. The second kappa shape index (κ2) is 6.01. The van der Waals surface area contributed by atoms with Crippen molar-refractivity contribution in [1.82, 2.24) is 4.90 Å². The van der Waals surface area contributed by atoms with Crippen molar-refractivity contribution in [2.24, 2.45) is 0 Å². The highest BCUT2D eigenvalue weighted by molar-refractivity contribution is 6.17. The minimum Gasteiger partial charge on any atom is -0.508 e. The van der Waals surface area contributed by atoms with Gasteiger partial charge in [0.2, 0.25) is 0 Å². The molecule has 2 rings (SSSR count). The highest BCUT2D eigenvalue weighted by Crippen LogP contribution is 2.19. The first-order valence-electron chi connectivity index (χ1n) is 6.20. The van der Waals surface area contributed by atoms with Gasteiger partial charge in [-0.25, -0.2) is 0 Å². The Hall–Kier alpha value is -1.94. The van der Waals surface area contributed by atoms with Gasteiger partial charge in [-0.2, -0.15) is 0 Å². The number of carbonyl (C=O) groups excluding carboxylic acids is 1. The number of alkyl halides is 1. The van der Waals surface area contributed by atoms with Crippen LogP contribution in [0.3, 0.4) is 0 Å². The molecular formula is C15H16ClNO3. The van der Waals surface area contributed by atoms with Crippen LogP contribution in [0.5, 0.6) is 5.75 Å². The summed E-state index contributed by atoms with van der Waals surface area (Å²) in [5.74, 6) is 1.29. The molecule has 0 aliphatic carbocycles. The molecule has 106 valence electrons. The number of amides is 1. The number of hydrogen-bond acceptors (Lipinski definition) is 3. The fourth-order valence-electron chi connectivity index (χ4n) is 1.89. The van der Waals surface area contributed by atoms with Crippen molar-refractivity contribution in [2.45, 2.75) is 19.3 Å². The fraction of sp³-hybridized carbons (Fsp3) is 0.267. The lowest BCUT2D eigenvalue weighted by Gasteiger charge is -2.15. The van der Waals surface area contributed by atoms with Gasteiger partial charge in [-0.3, -0.25) is 4.79 Å². The first-order valence-corrected chi connectivity index (χ1v) is 6.73. The van der Waals surface area contributed by atoms with Gasteiger partial charge in [0.25, 0.3) is 5.91 Å². The molecule has 1 aromatic heterocycles. The number of rotatable bonds is 4. The van der Waals surface area contributed by atoms with E-state index >= 15 is 0 Å². The predicted molar refractivity (Wildman–Crippen MR) is 76.9 cm³/mol. The minimum atomic E-state index is -0.197. The monoisotopic (exact) mass is 293 g/mol. The van der Waals surface area contributed by atoms with Crippen molar-refractivity contribution in [3.8, 4) is 5.75 Å². The number of aromatic hydroxyl groups is 1. The summed E-state index contributed by atoms with van der Waals surface area (Å²) >= 11 is 5.77. The molecule has 1 N–H and O–H groups in total. The number of aryl methyl sites for hydroxylation is 1. The van der Waals surface area contributed by atoms with Crippen LogP contribution < -0.4 is 0 Å². The van der Waals surface area contributed by atoms with Gasteiger partial charge in [-0.05, 0) is 30.7 Å².